The number of aromatic amines is 2. The third-order valence-electron chi connectivity index (χ3n) is 2.45. The topological polar surface area (TPSA) is 48.6 Å². The molecule has 2 N–H and O–H groups in total. The van der Waals surface area contributed by atoms with Crippen molar-refractivity contribution in [1.29, 1.82) is 0 Å². The van der Waals surface area contributed by atoms with E-state index in [1.807, 2.05) is 6.92 Å². The maximum absolute atomic E-state index is 11.5. The first-order valence-corrected chi connectivity index (χ1v) is 5.91. The summed E-state index contributed by atoms with van der Waals surface area (Å²) >= 11 is 1.71. The van der Waals surface area contributed by atoms with Gasteiger partial charge in [-0.1, -0.05) is 6.92 Å². The largest absolute Gasteiger partial charge is 0.302 e. The summed E-state index contributed by atoms with van der Waals surface area (Å²) in [5, 5.41) is 7.67. The average Bonchev–Trinajstić information content (AvgIpc) is 2.76. The van der Waals surface area contributed by atoms with Gasteiger partial charge in [0.05, 0.1) is 0 Å². The van der Waals surface area contributed by atoms with Crippen LogP contribution in [-0.2, 0) is 12.8 Å². The zero-order chi connectivity index (χ0) is 10.8. The molecule has 2 heterocycles. The Kier molecular flexibility index (Phi) is 2.77. The molecule has 2 aromatic rings. The standard InChI is InChI=1S/C11H14N2OS/c1-3-10-9(11(14)13-12-10)5-8-4-7(2)6-15-8/h4,6H,3,5H2,1-2H3,(H2,12,13,14). The second-order valence-electron chi connectivity index (χ2n) is 3.66. The van der Waals surface area contributed by atoms with Crippen LogP contribution in [0, 0.1) is 6.92 Å². The zero-order valence-electron chi connectivity index (χ0n) is 8.89. The SMILES string of the molecule is CCc1[nH][nH]c(=O)c1Cc1cc(C)cs1. The molecule has 15 heavy (non-hydrogen) atoms. The predicted molar refractivity (Wildman–Crippen MR) is 62.7 cm³/mol. The summed E-state index contributed by atoms with van der Waals surface area (Å²) in [6, 6.07) is 2.14. The highest BCUT2D eigenvalue weighted by Crippen LogP contribution is 2.17. The lowest BCUT2D eigenvalue weighted by Gasteiger charge is -1.96. The van der Waals surface area contributed by atoms with E-state index in [1.54, 1.807) is 11.3 Å². The first-order chi connectivity index (χ1) is 7.20. The number of hydrogen-bond acceptors (Lipinski definition) is 2. The van der Waals surface area contributed by atoms with Crippen molar-refractivity contribution in [3.8, 4) is 0 Å². The van der Waals surface area contributed by atoms with Gasteiger partial charge in [0.25, 0.3) is 5.56 Å². The molecule has 0 saturated carbocycles. The second kappa shape index (κ2) is 4.06. The van der Waals surface area contributed by atoms with Crippen molar-refractivity contribution in [2.24, 2.45) is 0 Å². The van der Waals surface area contributed by atoms with Gasteiger partial charge in [0.15, 0.2) is 0 Å². The van der Waals surface area contributed by atoms with Gasteiger partial charge in [-0.25, -0.2) is 0 Å². The van der Waals surface area contributed by atoms with Crippen molar-refractivity contribution < 1.29 is 0 Å². The molecule has 0 aromatic carbocycles. The molecule has 2 aromatic heterocycles. The van der Waals surface area contributed by atoms with Crippen molar-refractivity contribution in [2.45, 2.75) is 26.7 Å². The van der Waals surface area contributed by atoms with E-state index in [0.717, 1.165) is 24.1 Å². The summed E-state index contributed by atoms with van der Waals surface area (Å²) in [5.41, 5.74) is 3.17. The molecule has 2 rings (SSSR count). The van der Waals surface area contributed by atoms with Gasteiger partial charge in [0.2, 0.25) is 0 Å². The number of thiophene rings is 1. The van der Waals surface area contributed by atoms with Crippen LogP contribution in [0.1, 0.15) is 28.6 Å². The number of hydrogen-bond donors (Lipinski definition) is 2. The van der Waals surface area contributed by atoms with Gasteiger partial charge in [-0.05, 0) is 30.4 Å². The number of aryl methyl sites for hydroxylation is 2. The predicted octanol–water partition coefficient (Wildman–Crippen LogP) is 2.23. The lowest BCUT2D eigenvalue weighted by Crippen LogP contribution is -2.06. The average molecular weight is 222 g/mol. The highest BCUT2D eigenvalue weighted by atomic mass is 32.1. The smallest absolute Gasteiger partial charge is 0.267 e. The number of H-pyrrole nitrogens is 2. The molecule has 0 spiro atoms. The zero-order valence-corrected chi connectivity index (χ0v) is 9.70. The van der Waals surface area contributed by atoms with Gasteiger partial charge < -0.3 is 5.10 Å². The van der Waals surface area contributed by atoms with Gasteiger partial charge in [0.1, 0.15) is 0 Å². The Balaban J connectivity index is 2.31. The minimum absolute atomic E-state index is 0.0119. The summed E-state index contributed by atoms with van der Waals surface area (Å²) < 4.78 is 0. The molecule has 0 aliphatic carbocycles. The molecule has 0 aliphatic heterocycles. The van der Waals surface area contributed by atoms with E-state index >= 15 is 0 Å². The fourth-order valence-corrected chi connectivity index (χ4v) is 2.55. The van der Waals surface area contributed by atoms with Crippen molar-refractivity contribution in [3.63, 3.8) is 0 Å². The molecule has 0 amide bonds. The molecule has 0 unspecified atom stereocenters. The van der Waals surface area contributed by atoms with Crippen molar-refractivity contribution in [2.75, 3.05) is 0 Å². The molecule has 0 radical (unpaired) electrons. The third-order valence-corrected chi connectivity index (χ3v) is 3.51. The normalized spacial score (nSPS) is 10.8. The minimum Gasteiger partial charge on any atom is -0.302 e. The van der Waals surface area contributed by atoms with E-state index in [4.69, 9.17) is 0 Å². The summed E-state index contributed by atoms with van der Waals surface area (Å²) in [6.45, 7) is 4.12. The molecule has 0 atom stereocenters. The maximum Gasteiger partial charge on any atom is 0.267 e. The summed E-state index contributed by atoms with van der Waals surface area (Å²) in [7, 11) is 0. The Morgan fingerprint density at radius 2 is 2.20 bits per heavy atom. The lowest BCUT2D eigenvalue weighted by molar-refractivity contribution is 0.958. The van der Waals surface area contributed by atoms with Crippen LogP contribution in [0.3, 0.4) is 0 Å². The summed E-state index contributed by atoms with van der Waals surface area (Å²) in [5.74, 6) is 0. The van der Waals surface area contributed by atoms with E-state index in [2.05, 4.69) is 28.6 Å². The number of aromatic nitrogens is 2. The Morgan fingerprint density at radius 1 is 1.40 bits per heavy atom. The molecule has 4 heteroatoms. The molecule has 0 saturated heterocycles. The molecule has 0 bridgehead atoms. The van der Waals surface area contributed by atoms with Gasteiger partial charge in [-0.3, -0.25) is 9.89 Å². The van der Waals surface area contributed by atoms with E-state index in [0.29, 0.717) is 0 Å². The van der Waals surface area contributed by atoms with Crippen molar-refractivity contribution in [1.82, 2.24) is 10.2 Å². The van der Waals surface area contributed by atoms with Crippen LogP contribution in [0.5, 0.6) is 0 Å². The van der Waals surface area contributed by atoms with Crippen LogP contribution in [0.4, 0.5) is 0 Å². The Bertz CT molecular complexity index is 507. The molecular weight excluding hydrogens is 208 g/mol. The van der Waals surface area contributed by atoms with Gasteiger partial charge >= 0.3 is 0 Å². The highest BCUT2D eigenvalue weighted by Gasteiger charge is 2.09. The number of nitrogens with one attached hydrogen (secondary N) is 2. The van der Waals surface area contributed by atoms with Crippen LogP contribution < -0.4 is 5.56 Å². The fourth-order valence-electron chi connectivity index (χ4n) is 1.67. The first kappa shape index (κ1) is 10.2. The highest BCUT2D eigenvalue weighted by molar-refractivity contribution is 7.10. The van der Waals surface area contributed by atoms with Crippen molar-refractivity contribution in [3.05, 3.63) is 43.5 Å². The molecular formula is C11H14N2OS. The second-order valence-corrected chi connectivity index (χ2v) is 4.65. The molecule has 0 fully saturated rings. The van der Waals surface area contributed by atoms with Gasteiger partial charge in [-0.15, -0.1) is 11.3 Å². The van der Waals surface area contributed by atoms with Crippen LogP contribution >= 0.6 is 11.3 Å². The Morgan fingerprint density at radius 3 is 2.80 bits per heavy atom. The number of rotatable bonds is 3. The Labute approximate surface area is 92.1 Å². The molecule has 80 valence electrons. The minimum atomic E-state index is 0.0119. The summed E-state index contributed by atoms with van der Waals surface area (Å²) in [6.07, 6.45) is 1.60. The maximum atomic E-state index is 11.5. The van der Waals surface area contributed by atoms with Crippen LogP contribution in [0.15, 0.2) is 16.2 Å². The van der Waals surface area contributed by atoms with Gasteiger partial charge in [-0.2, -0.15) is 0 Å². The van der Waals surface area contributed by atoms with Crippen LogP contribution in [-0.4, -0.2) is 10.2 Å². The van der Waals surface area contributed by atoms with Crippen molar-refractivity contribution >= 4 is 11.3 Å². The van der Waals surface area contributed by atoms with E-state index in [-0.39, 0.29) is 5.56 Å². The van der Waals surface area contributed by atoms with E-state index < -0.39 is 0 Å². The molecule has 3 nitrogen and oxygen atoms in total. The third kappa shape index (κ3) is 2.04. The van der Waals surface area contributed by atoms with Crippen LogP contribution in [0.2, 0.25) is 0 Å². The molecule has 0 aliphatic rings. The summed E-state index contributed by atoms with van der Waals surface area (Å²) in [4.78, 5) is 12.8. The monoisotopic (exact) mass is 222 g/mol. The van der Waals surface area contributed by atoms with Crippen LogP contribution in [0.25, 0.3) is 0 Å². The van der Waals surface area contributed by atoms with Gasteiger partial charge in [0, 0.05) is 22.6 Å². The van der Waals surface area contributed by atoms with E-state index in [1.165, 1.54) is 10.4 Å². The fraction of sp³-hybridized carbons (Fsp3) is 0.364. The Hall–Kier alpha value is -1.29. The lowest BCUT2D eigenvalue weighted by atomic mass is 10.1. The quantitative estimate of drug-likeness (QED) is 0.822. The van der Waals surface area contributed by atoms with E-state index in [9.17, 15) is 4.79 Å². The first-order valence-electron chi connectivity index (χ1n) is 5.03.